The number of allylic oxidation sites excluding steroid dienone is 1. The number of ether oxygens (including phenoxy) is 2. The van der Waals surface area contributed by atoms with Crippen molar-refractivity contribution in [3.8, 4) is 22.9 Å². The Balaban J connectivity index is 1.83. The van der Waals surface area contributed by atoms with Gasteiger partial charge in [0, 0.05) is 22.8 Å². The Labute approximate surface area is 197 Å². The van der Waals surface area contributed by atoms with Crippen LogP contribution in [0.2, 0.25) is 5.02 Å². The first kappa shape index (κ1) is 22.7. The van der Waals surface area contributed by atoms with Crippen LogP contribution in [0.4, 0.5) is 4.79 Å². The van der Waals surface area contributed by atoms with Gasteiger partial charge in [-0.05, 0) is 43.2 Å². The molecule has 1 atom stereocenters. The fourth-order valence-corrected chi connectivity index (χ4v) is 4.10. The lowest BCUT2D eigenvalue weighted by molar-refractivity contribution is 0.205. The zero-order valence-electron chi connectivity index (χ0n) is 18.9. The first-order valence-corrected chi connectivity index (χ1v) is 10.9. The van der Waals surface area contributed by atoms with Crippen LogP contribution >= 0.6 is 11.6 Å². The van der Waals surface area contributed by atoms with Crippen molar-refractivity contribution in [3.63, 3.8) is 0 Å². The van der Waals surface area contributed by atoms with Gasteiger partial charge in [0.2, 0.25) is 5.82 Å². The average molecular weight is 469 g/mol. The van der Waals surface area contributed by atoms with Crippen LogP contribution in [0.1, 0.15) is 37.8 Å². The van der Waals surface area contributed by atoms with Crippen molar-refractivity contribution in [1.82, 2.24) is 20.4 Å². The van der Waals surface area contributed by atoms with E-state index in [0.717, 1.165) is 28.8 Å². The standard InChI is InChI=1S/C24H25ClN4O4/c1-5-11-29-14(2)20(23-27-22(28-33-23)16-7-6-8-17(25)12-16)21(26-24(29)30)15-9-10-18(31-3)19(13-15)32-4/h6-10,12-13,21H,5,11H2,1-4H3,(H,26,30). The largest absolute Gasteiger partial charge is 0.493 e. The number of carbonyl (C=O) groups excluding carboxylic acids is 1. The van der Waals surface area contributed by atoms with Crippen molar-refractivity contribution in [2.75, 3.05) is 20.8 Å². The van der Waals surface area contributed by atoms with Crippen LogP contribution in [0.15, 0.2) is 52.7 Å². The molecule has 2 amide bonds. The molecule has 1 N–H and O–H groups in total. The topological polar surface area (TPSA) is 89.7 Å². The van der Waals surface area contributed by atoms with Gasteiger partial charge in [0.05, 0.1) is 25.8 Å². The van der Waals surface area contributed by atoms with Crippen LogP contribution < -0.4 is 14.8 Å². The van der Waals surface area contributed by atoms with Crippen molar-refractivity contribution < 1.29 is 18.8 Å². The third-order valence-electron chi connectivity index (χ3n) is 5.52. The zero-order valence-corrected chi connectivity index (χ0v) is 19.6. The van der Waals surface area contributed by atoms with Gasteiger partial charge in [-0.1, -0.05) is 41.9 Å². The van der Waals surface area contributed by atoms with Gasteiger partial charge < -0.3 is 19.3 Å². The number of hydrogen-bond acceptors (Lipinski definition) is 6. The molecule has 2 heterocycles. The van der Waals surface area contributed by atoms with E-state index >= 15 is 0 Å². The van der Waals surface area contributed by atoms with E-state index in [1.165, 1.54) is 0 Å². The number of carbonyl (C=O) groups is 1. The molecule has 172 valence electrons. The van der Waals surface area contributed by atoms with E-state index in [1.54, 1.807) is 37.3 Å². The first-order valence-electron chi connectivity index (χ1n) is 10.6. The molecule has 1 unspecified atom stereocenters. The lowest BCUT2D eigenvalue weighted by Gasteiger charge is -2.35. The number of aromatic nitrogens is 2. The van der Waals surface area contributed by atoms with Crippen LogP contribution in [0.5, 0.6) is 11.5 Å². The van der Waals surface area contributed by atoms with Gasteiger partial charge in [-0.3, -0.25) is 4.90 Å². The van der Waals surface area contributed by atoms with Gasteiger partial charge in [-0.25, -0.2) is 4.79 Å². The summed E-state index contributed by atoms with van der Waals surface area (Å²) in [6.07, 6.45) is 0.802. The number of nitrogens with zero attached hydrogens (tertiary/aromatic N) is 3. The molecule has 0 saturated carbocycles. The van der Waals surface area contributed by atoms with Crippen LogP contribution in [0, 0.1) is 0 Å². The third-order valence-corrected chi connectivity index (χ3v) is 5.76. The number of urea groups is 1. The molecule has 0 aliphatic carbocycles. The molecule has 2 aromatic carbocycles. The molecule has 9 heteroatoms. The summed E-state index contributed by atoms with van der Waals surface area (Å²) in [5.74, 6) is 1.89. The van der Waals surface area contributed by atoms with Gasteiger partial charge in [-0.15, -0.1) is 0 Å². The summed E-state index contributed by atoms with van der Waals surface area (Å²) in [7, 11) is 3.15. The summed E-state index contributed by atoms with van der Waals surface area (Å²) in [5, 5.41) is 7.82. The Morgan fingerprint density at radius 1 is 1.15 bits per heavy atom. The number of halogens is 1. The second-order valence-corrected chi connectivity index (χ2v) is 8.02. The van der Waals surface area contributed by atoms with E-state index in [9.17, 15) is 4.79 Å². The maximum absolute atomic E-state index is 12.9. The number of methoxy groups -OCH3 is 2. The Morgan fingerprint density at radius 2 is 1.94 bits per heavy atom. The molecular weight excluding hydrogens is 444 g/mol. The summed E-state index contributed by atoms with van der Waals surface area (Å²) in [5.41, 5.74) is 3.01. The Bertz CT molecular complexity index is 1210. The predicted octanol–water partition coefficient (Wildman–Crippen LogP) is 5.31. The van der Waals surface area contributed by atoms with Crippen molar-refractivity contribution in [2.24, 2.45) is 0 Å². The number of amides is 2. The minimum atomic E-state index is -0.516. The van der Waals surface area contributed by atoms with Gasteiger partial charge in [-0.2, -0.15) is 4.98 Å². The lowest BCUT2D eigenvalue weighted by Crippen LogP contribution is -2.46. The molecule has 0 bridgehead atoms. The Morgan fingerprint density at radius 3 is 2.64 bits per heavy atom. The van der Waals surface area contributed by atoms with Crippen LogP contribution in [0.3, 0.4) is 0 Å². The van der Waals surface area contributed by atoms with Crippen LogP contribution in [-0.2, 0) is 0 Å². The zero-order chi connectivity index (χ0) is 23.5. The highest BCUT2D eigenvalue weighted by atomic mass is 35.5. The molecule has 4 rings (SSSR count). The monoisotopic (exact) mass is 468 g/mol. The number of rotatable bonds is 7. The van der Waals surface area contributed by atoms with Gasteiger partial charge in [0.1, 0.15) is 0 Å². The Hall–Kier alpha value is -3.52. The van der Waals surface area contributed by atoms with Crippen molar-refractivity contribution in [1.29, 1.82) is 0 Å². The molecule has 3 aromatic rings. The van der Waals surface area contributed by atoms with Crippen molar-refractivity contribution in [3.05, 3.63) is 64.6 Å². The summed E-state index contributed by atoms with van der Waals surface area (Å²) in [6, 6.07) is 12.1. The highest BCUT2D eigenvalue weighted by molar-refractivity contribution is 6.30. The maximum atomic E-state index is 12.9. The molecule has 0 fully saturated rings. The lowest BCUT2D eigenvalue weighted by atomic mass is 9.94. The Kier molecular flexibility index (Phi) is 6.55. The molecular formula is C24H25ClN4O4. The molecule has 1 aliphatic rings. The highest BCUT2D eigenvalue weighted by Gasteiger charge is 2.35. The van der Waals surface area contributed by atoms with E-state index in [1.807, 2.05) is 38.1 Å². The van der Waals surface area contributed by atoms with Gasteiger partial charge >= 0.3 is 6.03 Å². The van der Waals surface area contributed by atoms with Crippen LogP contribution in [0.25, 0.3) is 17.0 Å². The van der Waals surface area contributed by atoms with E-state index < -0.39 is 6.04 Å². The molecule has 33 heavy (non-hydrogen) atoms. The van der Waals surface area contributed by atoms with Gasteiger partial charge in [0.25, 0.3) is 5.89 Å². The van der Waals surface area contributed by atoms with E-state index in [-0.39, 0.29) is 6.03 Å². The van der Waals surface area contributed by atoms with Crippen molar-refractivity contribution in [2.45, 2.75) is 26.3 Å². The van der Waals surface area contributed by atoms with E-state index in [0.29, 0.717) is 34.8 Å². The molecule has 0 spiro atoms. The first-order chi connectivity index (χ1) is 16.0. The highest BCUT2D eigenvalue weighted by Crippen LogP contribution is 2.40. The average Bonchev–Trinajstić information content (AvgIpc) is 3.30. The molecule has 0 radical (unpaired) electrons. The summed E-state index contributed by atoms with van der Waals surface area (Å²) in [6.45, 7) is 4.47. The number of benzene rings is 2. The summed E-state index contributed by atoms with van der Waals surface area (Å²) < 4.78 is 16.5. The number of nitrogens with one attached hydrogen (secondary N) is 1. The maximum Gasteiger partial charge on any atom is 0.322 e. The summed E-state index contributed by atoms with van der Waals surface area (Å²) in [4.78, 5) is 19.3. The smallest absolute Gasteiger partial charge is 0.322 e. The SMILES string of the molecule is CCCN1C(=O)NC(c2ccc(OC)c(OC)c2)C(c2nc(-c3cccc(Cl)c3)no2)=C1C. The van der Waals surface area contributed by atoms with E-state index in [4.69, 9.17) is 25.6 Å². The van der Waals surface area contributed by atoms with E-state index in [2.05, 4.69) is 15.5 Å². The molecule has 8 nitrogen and oxygen atoms in total. The van der Waals surface area contributed by atoms with Crippen LogP contribution in [-0.4, -0.2) is 41.8 Å². The normalized spacial score (nSPS) is 16.1. The minimum absolute atomic E-state index is 0.188. The predicted molar refractivity (Wildman–Crippen MR) is 125 cm³/mol. The number of hydrogen-bond donors (Lipinski definition) is 1. The fourth-order valence-electron chi connectivity index (χ4n) is 3.91. The van der Waals surface area contributed by atoms with Crippen molar-refractivity contribution >= 4 is 23.2 Å². The van der Waals surface area contributed by atoms with Gasteiger partial charge in [0.15, 0.2) is 11.5 Å². The minimum Gasteiger partial charge on any atom is -0.493 e. The quantitative estimate of drug-likeness (QED) is 0.505. The molecule has 1 aromatic heterocycles. The second kappa shape index (κ2) is 9.54. The second-order valence-electron chi connectivity index (χ2n) is 7.58. The third kappa shape index (κ3) is 4.39. The molecule has 1 aliphatic heterocycles. The fraction of sp³-hybridized carbons (Fsp3) is 0.292. The summed E-state index contributed by atoms with van der Waals surface area (Å²) >= 11 is 6.13. The molecule has 0 saturated heterocycles.